The van der Waals surface area contributed by atoms with Crippen LogP contribution in [0, 0.1) is 0 Å². The Morgan fingerprint density at radius 2 is 1.55 bits per heavy atom. The van der Waals surface area contributed by atoms with E-state index in [0.29, 0.717) is 6.54 Å². The number of hydrogen-bond donors (Lipinski definition) is 1. The fourth-order valence-electron chi connectivity index (χ4n) is 4.22. The highest BCUT2D eigenvalue weighted by Crippen LogP contribution is 2.35. The molecule has 1 N–H and O–H groups in total. The number of nitrogens with zero attached hydrogens (tertiary/aromatic N) is 2. The van der Waals surface area contributed by atoms with Crippen molar-refractivity contribution in [2.24, 2.45) is 0 Å². The SMILES string of the molecule is O=C(CN1CCCC1)Nc1c2c(nc3c1CCC3)CCCC2. The van der Waals surface area contributed by atoms with Crippen molar-refractivity contribution in [1.82, 2.24) is 9.88 Å². The van der Waals surface area contributed by atoms with Crippen molar-refractivity contribution >= 4 is 11.6 Å². The molecule has 0 aromatic carbocycles. The van der Waals surface area contributed by atoms with Gasteiger partial charge in [0.05, 0.1) is 12.2 Å². The van der Waals surface area contributed by atoms with Crippen LogP contribution in [0.2, 0.25) is 0 Å². The van der Waals surface area contributed by atoms with Crippen LogP contribution in [-0.2, 0) is 30.5 Å². The number of likely N-dealkylation sites (tertiary alicyclic amines) is 1. The molecule has 0 atom stereocenters. The number of rotatable bonds is 3. The minimum Gasteiger partial charge on any atom is -0.324 e. The molecule has 0 bridgehead atoms. The smallest absolute Gasteiger partial charge is 0.238 e. The van der Waals surface area contributed by atoms with Gasteiger partial charge in [-0.15, -0.1) is 0 Å². The topological polar surface area (TPSA) is 45.2 Å². The first-order valence-corrected chi connectivity index (χ1v) is 8.87. The number of carbonyl (C=O) groups excluding carboxylic acids is 1. The Labute approximate surface area is 132 Å². The van der Waals surface area contributed by atoms with Gasteiger partial charge >= 0.3 is 0 Å². The number of amides is 1. The maximum Gasteiger partial charge on any atom is 0.238 e. The fourth-order valence-corrected chi connectivity index (χ4v) is 4.22. The summed E-state index contributed by atoms with van der Waals surface area (Å²) in [5.41, 5.74) is 6.30. The van der Waals surface area contributed by atoms with E-state index in [1.165, 1.54) is 54.6 Å². The van der Waals surface area contributed by atoms with E-state index in [9.17, 15) is 4.79 Å². The molecular weight excluding hydrogens is 274 g/mol. The lowest BCUT2D eigenvalue weighted by Crippen LogP contribution is -2.31. The quantitative estimate of drug-likeness (QED) is 0.932. The molecule has 3 aliphatic rings. The van der Waals surface area contributed by atoms with Crippen LogP contribution >= 0.6 is 0 Å². The summed E-state index contributed by atoms with van der Waals surface area (Å²) in [4.78, 5) is 19.7. The van der Waals surface area contributed by atoms with Crippen LogP contribution in [0.1, 0.15) is 54.6 Å². The fraction of sp³-hybridized carbons (Fsp3) is 0.667. The molecule has 0 saturated carbocycles. The first kappa shape index (κ1) is 14.2. The minimum atomic E-state index is 0.162. The molecule has 1 saturated heterocycles. The van der Waals surface area contributed by atoms with E-state index in [1.54, 1.807) is 0 Å². The summed E-state index contributed by atoms with van der Waals surface area (Å²) in [7, 11) is 0. The summed E-state index contributed by atoms with van der Waals surface area (Å²) in [6.07, 6.45) is 10.4. The Morgan fingerprint density at radius 3 is 2.32 bits per heavy atom. The minimum absolute atomic E-state index is 0.162. The highest BCUT2D eigenvalue weighted by atomic mass is 16.2. The zero-order chi connectivity index (χ0) is 14.9. The average Bonchev–Trinajstić information content (AvgIpc) is 3.18. The molecule has 118 valence electrons. The van der Waals surface area contributed by atoms with Gasteiger partial charge in [-0.25, -0.2) is 0 Å². The Morgan fingerprint density at radius 1 is 0.909 bits per heavy atom. The van der Waals surface area contributed by atoms with Gasteiger partial charge in [0.25, 0.3) is 0 Å². The van der Waals surface area contributed by atoms with Crippen molar-refractivity contribution in [1.29, 1.82) is 0 Å². The first-order valence-electron chi connectivity index (χ1n) is 8.87. The van der Waals surface area contributed by atoms with Gasteiger partial charge in [0, 0.05) is 11.4 Å². The summed E-state index contributed by atoms with van der Waals surface area (Å²) >= 11 is 0. The van der Waals surface area contributed by atoms with Gasteiger partial charge in [-0.1, -0.05) is 0 Å². The van der Waals surface area contributed by atoms with Gasteiger partial charge in [-0.3, -0.25) is 14.7 Å². The normalized spacial score (nSPS) is 20.7. The Balaban J connectivity index is 1.59. The number of carbonyl (C=O) groups is 1. The van der Waals surface area contributed by atoms with Gasteiger partial charge in [-0.05, 0) is 82.0 Å². The third-order valence-corrected chi connectivity index (χ3v) is 5.33. The largest absolute Gasteiger partial charge is 0.324 e. The molecule has 4 rings (SSSR count). The second-order valence-electron chi connectivity index (χ2n) is 6.93. The second kappa shape index (κ2) is 5.99. The van der Waals surface area contributed by atoms with E-state index in [-0.39, 0.29) is 5.91 Å². The van der Waals surface area contributed by atoms with Crippen LogP contribution < -0.4 is 5.32 Å². The van der Waals surface area contributed by atoms with Gasteiger partial charge in [0.1, 0.15) is 0 Å². The Kier molecular flexibility index (Phi) is 3.87. The summed E-state index contributed by atoms with van der Waals surface area (Å²) in [5, 5.41) is 3.28. The molecule has 0 spiro atoms. The second-order valence-corrected chi connectivity index (χ2v) is 6.93. The predicted molar refractivity (Wildman–Crippen MR) is 87.2 cm³/mol. The Bertz CT molecular complexity index is 590. The zero-order valence-corrected chi connectivity index (χ0v) is 13.3. The maximum atomic E-state index is 12.5. The number of aromatic nitrogens is 1. The van der Waals surface area contributed by atoms with Crippen LogP contribution in [0.5, 0.6) is 0 Å². The standard InChI is InChI=1S/C18H25N3O/c22-17(12-21-10-3-4-11-21)20-18-13-6-1-2-8-15(13)19-16-9-5-7-14(16)18/h1-12H2,(H,19,20,22). The molecule has 4 nitrogen and oxygen atoms in total. The number of anilines is 1. The van der Waals surface area contributed by atoms with Crippen molar-refractivity contribution in [3.8, 4) is 0 Å². The van der Waals surface area contributed by atoms with Gasteiger partial charge in [0.15, 0.2) is 0 Å². The van der Waals surface area contributed by atoms with E-state index in [0.717, 1.165) is 44.5 Å². The highest BCUT2D eigenvalue weighted by molar-refractivity contribution is 5.94. The third kappa shape index (κ3) is 2.65. The van der Waals surface area contributed by atoms with E-state index in [1.807, 2.05) is 0 Å². The lowest BCUT2D eigenvalue weighted by Gasteiger charge is -2.23. The van der Waals surface area contributed by atoms with E-state index >= 15 is 0 Å². The zero-order valence-electron chi connectivity index (χ0n) is 13.3. The van der Waals surface area contributed by atoms with Crippen LogP contribution in [0.4, 0.5) is 5.69 Å². The Hall–Kier alpha value is -1.42. The monoisotopic (exact) mass is 299 g/mol. The van der Waals surface area contributed by atoms with Crippen LogP contribution in [-0.4, -0.2) is 35.4 Å². The maximum absolute atomic E-state index is 12.5. The highest BCUT2D eigenvalue weighted by Gasteiger charge is 2.26. The summed E-state index contributed by atoms with van der Waals surface area (Å²) < 4.78 is 0. The molecule has 2 aliphatic carbocycles. The molecule has 1 amide bonds. The molecule has 4 heteroatoms. The van der Waals surface area contributed by atoms with Crippen molar-refractivity contribution in [3.63, 3.8) is 0 Å². The molecule has 1 aromatic heterocycles. The van der Waals surface area contributed by atoms with Crippen molar-refractivity contribution < 1.29 is 4.79 Å². The molecule has 1 aliphatic heterocycles. The van der Waals surface area contributed by atoms with Gasteiger partial charge < -0.3 is 5.32 Å². The van der Waals surface area contributed by atoms with Crippen molar-refractivity contribution in [2.75, 3.05) is 25.0 Å². The average molecular weight is 299 g/mol. The number of pyridine rings is 1. The third-order valence-electron chi connectivity index (χ3n) is 5.33. The molecular formula is C18H25N3O. The lowest BCUT2D eigenvalue weighted by molar-refractivity contribution is -0.117. The number of fused-ring (bicyclic) bond motifs is 2. The molecule has 0 unspecified atom stereocenters. The van der Waals surface area contributed by atoms with Crippen LogP contribution in [0.25, 0.3) is 0 Å². The molecule has 22 heavy (non-hydrogen) atoms. The van der Waals surface area contributed by atoms with E-state index in [2.05, 4.69) is 10.2 Å². The number of nitrogens with one attached hydrogen (secondary N) is 1. The summed E-state index contributed by atoms with van der Waals surface area (Å²) in [5.74, 6) is 0.162. The van der Waals surface area contributed by atoms with Gasteiger partial charge in [-0.2, -0.15) is 0 Å². The van der Waals surface area contributed by atoms with E-state index in [4.69, 9.17) is 4.98 Å². The van der Waals surface area contributed by atoms with Crippen LogP contribution in [0.15, 0.2) is 0 Å². The molecule has 2 heterocycles. The molecule has 0 radical (unpaired) electrons. The van der Waals surface area contributed by atoms with Crippen LogP contribution in [0.3, 0.4) is 0 Å². The lowest BCUT2D eigenvalue weighted by atomic mass is 9.92. The van der Waals surface area contributed by atoms with Crippen molar-refractivity contribution in [3.05, 3.63) is 22.5 Å². The summed E-state index contributed by atoms with van der Waals surface area (Å²) in [6, 6.07) is 0. The molecule has 1 fully saturated rings. The predicted octanol–water partition coefficient (Wildman–Crippen LogP) is 2.48. The summed E-state index contributed by atoms with van der Waals surface area (Å²) in [6.45, 7) is 2.69. The van der Waals surface area contributed by atoms with Gasteiger partial charge in [0.2, 0.25) is 5.91 Å². The number of hydrogen-bond acceptors (Lipinski definition) is 3. The number of aryl methyl sites for hydroxylation is 2. The first-order chi connectivity index (χ1) is 10.8. The van der Waals surface area contributed by atoms with Crippen molar-refractivity contribution in [2.45, 2.75) is 57.8 Å². The van der Waals surface area contributed by atoms with E-state index < -0.39 is 0 Å². The molecule has 1 aromatic rings.